The minimum absolute atomic E-state index is 0.0842. The fraction of sp³-hybridized carbons (Fsp3) is 0.913. The van der Waals surface area contributed by atoms with Crippen LogP contribution in [0.1, 0.15) is 116 Å². The third-order valence-corrected chi connectivity index (χ3v) is 5.33. The number of hydrazine groups is 1. The molecule has 0 aliphatic rings. The molecule has 0 aliphatic heterocycles. The Balaban J connectivity index is 3.46. The summed E-state index contributed by atoms with van der Waals surface area (Å²) < 4.78 is 0. The predicted octanol–water partition coefficient (Wildman–Crippen LogP) is 5.43. The van der Waals surface area contributed by atoms with Crippen LogP contribution in [0.2, 0.25) is 0 Å². The maximum Gasteiger partial charge on any atom is 0.236 e. The van der Waals surface area contributed by atoms with Crippen LogP contribution in [0.15, 0.2) is 0 Å². The maximum atomic E-state index is 12.3. The van der Waals surface area contributed by atoms with Crippen molar-refractivity contribution in [2.45, 2.75) is 116 Å². The van der Waals surface area contributed by atoms with Crippen LogP contribution in [0.5, 0.6) is 0 Å². The first kappa shape index (κ1) is 26.9. The summed E-state index contributed by atoms with van der Waals surface area (Å²) in [5.74, 6) is -0.285. The lowest BCUT2D eigenvalue weighted by molar-refractivity contribution is -0.145. The zero-order valence-corrected chi connectivity index (χ0v) is 19.0. The maximum absolute atomic E-state index is 12.3. The van der Waals surface area contributed by atoms with E-state index in [1.165, 1.54) is 83.5 Å². The highest BCUT2D eigenvalue weighted by atomic mass is 16.2. The Bertz CT molecular complexity index is 386. The predicted molar refractivity (Wildman–Crippen MR) is 119 cm³/mol. The molecule has 0 saturated carbocycles. The number of carbonyl (C=O) groups is 2. The van der Waals surface area contributed by atoms with E-state index in [1.54, 1.807) is 10.0 Å². The SMILES string of the molecule is CCCCCCCCCCCCCCCCCC(=O)N(CCC(N)=O)N(C)C. The molecule has 5 heteroatoms. The Kier molecular flexibility index (Phi) is 18.5. The van der Waals surface area contributed by atoms with E-state index in [-0.39, 0.29) is 18.2 Å². The Morgan fingerprint density at radius 3 is 1.39 bits per heavy atom. The molecular formula is C23H47N3O2. The molecule has 0 saturated heterocycles. The van der Waals surface area contributed by atoms with Gasteiger partial charge in [-0.2, -0.15) is 0 Å². The van der Waals surface area contributed by atoms with Crippen molar-refractivity contribution in [1.82, 2.24) is 10.0 Å². The van der Waals surface area contributed by atoms with Gasteiger partial charge in [0.05, 0.1) is 0 Å². The van der Waals surface area contributed by atoms with E-state index < -0.39 is 0 Å². The van der Waals surface area contributed by atoms with Crippen LogP contribution in [0.3, 0.4) is 0 Å². The van der Waals surface area contributed by atoms with E-state index in [9.17, 15) is 9.59 Å². The lowest BCUT2D eigenvalue weighted by Crippen LogP contribution is -2.43. The normalized spacial score (nSPS) is 11.1. The summed E-state index contributed by atoms with van der Waals surface area (Å²) in [5, 5.41) is 3.37. The first-order valence-corrected chi connectivity index (χ1v) is 11.7. The van der Waals surface area contributed by atoms with Crippen LogP contribution < -0.4 is 5.73 Å². The van der Waals surface area contributed by atoms with Crippen LogP contribution in [0.4, 0.5) is 0 Å². The van der Waals surface area contributed by atoms with Crippen molar-refractivity contribution in [1.29, 1.82) is 0 Å². The van der Waals surface area contributed by atoms with Gasteiger partial charge in [-0.3, -0.25) is 14.6 Å². The number of carbonyl (C=O) groups excluding carboxylic acids is 2. The van der Waals surface area contributed by atoms with E-state index >= 15 is 0 Å². The van der Waals surface area contributed by atoms with Crippen LogP contribution in [-0.2, 0) is 9.59 Å². The Hall–Kier alpha value is -1.10. The molecule has 0 radical (unpaired) electrons. The van der Waals surface area contributed by atoms with Crippen molar-refractivity contribution in [2.75, 3.05) is 20.6 Å². The van der Waals surface area contributed by atoms with E-state index in [4.69, 9.17) is 5.73 Å². The summed E-state index contributed by atoms with van der Waals surface area (Å²) in [7, 11) is 3.65. The highest BCUT2D eigenvalue weighted by Gasteiger charge is 2.15. The fourth-order valence-corrected chi connectivity index (χ4v) is 3.54. The summed E-state index contributed by atoms with van der Waals surface area (Å²) in [6, 6.07) is 0. The first-order valence-electron chi connectivity index (χ1n) is 11.7. The van der Waals surface area contributed by atoms with E-state index in [2.05, 4.69) is 6.92 Å². The van der Waals surface area contributed by atoms with Crippen molar-refractivity contribution in [2.24, 2.45) is 5.73 Å². The molecule has 0 aromatic rings. The third kappa shape index (κ3) is 17.0. The second-order valence-corrected chi connectivity index (χ2v) is 8.28. The summed E-state index contributed by atoms with van der Waals surface area (Å²) in [5.41, 5.74) is 5.18. The number of nitrogens with two attached hydrogens (primary N) is 1. The molecule has 0 heterocycles. The van der Waals surface area contributed by atoms with Crippen LogP contribution in [0, 0.1) is 0 Å². The fourth-order valence-electron chi connectivity index (χ4n) is 3.54. The Labute approximate surface area is 174 Å². The zero-order chi connectivity index (χ0) is 21.0. The topological polar surface area (TPSA) is 66.6 Å². The van der Waals surface area contributed by atoms with Crippen LogP contribution in [-0.4, -0.2) is 42.5 Å². The second kappa shape index (κ2) is 19.2. The van der Waals surface area contributed by atoms with E-state index in [0.29, 0.717) is 13.0 Å². The number of hydrogen-bond acceptors (Lipinski definition) is 3. The first-order chi connectivity index (χ1) is 13.5. The number of hydrogen-bond donors (Lipinski definition) is 1. The van der Waals surface area contributed by atoms with Gasteiger partial charge in [0.25, 0.3) is 0 Å². The van der Waals surface area contributed by atoms with Gasteiger partial charge in [-0.1, -0.05) is 96.8 Å². The number of primary amides is 1. The molecule has 0 rings (SSSR count). The molecule has 0 aromatic carbocycles. The molecule has 0 unspecified atom stereocenters. The highest BCUT2D eigenvalue weighted by molar-refractivity contribution is 5.77. The molecule has 2 N–H and O–H groups in total. The largest absolute Gasteiger partial charge is 0.370 e. The van der Waals surface area contributed by atoms with Gasteiger partial charge in [0.1, 0.15) is 0 Å². The summed E-state index contributed by atoms with van der Waals surface area (Å²) in [6.45, 7) is 2.65. The van der Waals surface area contributed by atoms with Crippen molar-refractivity contribution in [3.05, 3.63) is 0 Å². The minimum atomic E-state index is -0.369. The minimum Gasteiger partial charge on any atom is -0.370 e. The van der Waals surface area contributed by atoms with Crippen LogP contribution in [0.25, 0.3) is 0 Å². The van der Waals surface area contributed by atoms with Crippen molar-refractivity contribution >= 4 is 11.8 Å². The second-order valence-electron chi connectivity index (χ2n) is 8.28. The molecule has 0 aromatic heterocycles. The smallest absolute Gasteiger partial charge is 0.236 e. The monoisotopic (exact) mass is 397 g/mol. The van der Waals surface area contributed by atoms with Crippen molar-refractivity contribution in [3.63, 3.8) is 0 Å². The average molecular weight is 398 g/mol. The lowest BCUT2D eigenvalue weighted by Gasteiger charge is -2.28. The van der Waals surface area contributed by atoms with Gasteiger partial charge in [-0.05, 0) is 6.42 Å². The number of nitrogens with zero attached hydrogens (tertiary/aromatic N) is 2. The molecule has 0 fully saturated rings. The van der Waals surface area contributed by atoms with E-state index in [0.717, 1.165) is 12.8 Å². The van der Waals surface area contributed by atoms with Gasteiger partial charge in [-0.15, -0.1) is 0 Å². The van der Waals surface area contributed by atoms with Gasteiger partial charge in [-0.25, -0.2) is 5.01 Å². The Morgan fingerprint density at radius 2 is 1.04 bits per heavy atom. The number of unbranched alkanes of at least 4 members (excludes halogenated alkanes) is 14. The molecular weight excluding hydrogens is 350 g/mol. The Morgan fingerprint density at radius 1 is 0.643 bits per heavy atom. The number of amides is 2. The van der Waals surface area contributed by atoms with Crippen molar-refractivity contribution < 1.29 is 9.59 Å². The summed E-state index contributed by atoms with van der Waals surface area (Å²) in [6.07, 6.45) is 20.6. The lowest BCUT2D eigenvalue weighted by atomic mass is 10.0. The molecule has 0 bridgehead atoms. The van der Waals surface area contributed by atoms with Gasteiger partial charge < -0.3 is 5.73 Å². The quantitative estimate of drug-likeness (QED) is 0.220. The zero-order valence-electron chi connectivity index (χ0n) is 19.0. The molecule has 0 aliphatic carbocycles. The van der Waals surface area contributed by atoms with E-state index in [1.807, 2.05) is 14.1 Å². The molecule has 166 valence electrons. The summed E-state index contributed by atoms with van der Waals surface area (Å²) in [4.78, 5) is 23.2. The molecule has 2 amide bonds. The van der Waals surface area contributed by atoms with Gasteiger partial charge in [0.2, 0.25) is 11.8 Å². The van der Waals surface area contributed by atoms with Crippen LogP contribution >= 0.6 is 0 Å². The summed E-state index contributed by atoms with van der Waals surface area (Å²) >= 11 is 0. The highest BCUT2D eigenvalue weighted by Crippen LogP contribution is 2.14. The average Bonchev–Trinajstić information content (AvgIpc) is 2.64. The van der Waals surface area contributed by atoms with Gasteiger partial charge >= 0.3 is 0 Å². The molecule has 28 heavy (non-hydrogen) atoms. The standard InChI is InChI=1S/C23H47N3O2/c1-4-5-6-7-8-9-10-11-12-13-14-15-16-17-18-19-23(28)26(25(2)3)21-20-22(24)27/h4-21H2,1-3H3,(H2,24,27). The molecule has 5 nitrogen and oxygen atoms in total. The molecule has 0 spiro atoms. The number of rotatable bonds is 20. The molecule has 0 atom stereocenters. The van der Waals surface area contributed by atoms with Gasteiger partial charge in [0, 0.05) is 33.5 Å². The van der Waals surface area contributed by atoms with Gasteiger partial charge in [0.15, 0.2) is 0 Å². The third-order valence-electron chi connectivity index (χ3n) is 5.33. The van der Waals surface area contributed by atoms with Crippen molar-refractivity contribution in [3.8, 4) is 0 Å².